The third kappa shape index (κ3) is 8.02. The minimum atomic E-state index is -1.22. The van der Waals surface area contributed by atoms with Crippen LogP contribution in [0.1, 0.15) is 43.8 Å². The van der Waals surface area contributed by atoms with Crippen molar-refractivity contribution in [2.75, 3.05) is 33.5 Å². The summed E-state index contributed by atoms with van der Waals surface area (Å²) in [7, 11) is 6.20. The van der Waals surface area contributed by atoms with Gasteiger partial charge in [-0.1, -0.05) is 19.9 Å². The molecule has 0 fully saturated rings. The van der Waals surface area contributed by atoms with Crippen molar-refractivity contribution in [3.63, 3.8) is 0 Å². The van der Waals surface area contributed by atoms with Crippen LogP contribution in [0.15, 0.2) is 35.3 Å². The number of carbonyl (C=O) groups excluding carboxylic acids is 3. The molecule has 226 valence electrons. The van der Waals surface area contributed by atoms with Gasteiger partial charge in [-0.2, -0.15) is 0 Å². The Labute approximate surface area is 243 Å². The molecule has 12 nitrogen and oxygen atoms in total. The Balaban J connectivity index is 1.84. The number of halogens is 1. The lowest BCUT2D eigenvalue weighted by molar-refractivity contribution is -0.125. The normalized spacial score (nSPS) is 12.1. The molecule has 0 saturated heterocycles. The van der Waals surface area contributed by atoms with Gasteiger partial charge >= 0.3 is 6.09 Å². The second-order valence-electron chi connectivity index (χ2n) is 10.8. The first-order valence-electron chi connectivity index (χ1n) is 13.6. The number of rotatable bonds is 11. The highest BCUT2D eigenvalue weighted by Gasteiger charge is 2.25. The van der Waals surface area contributed by atoms with Gasteiger partial charge in [0, 0.05) is 39.4 Å². The van der Waals surface area contributed by atoms with Crippen LogP contribution >= 0.6 is 0 Å². The third-order valence-corrected chi connectivity index (χ3v) is 6.39. The minimum absolute atomic E-state index is 0.0180. The Morgan fingerprint density at radius 3 is 2.52 bits per heavy atom. The van der Waals surface area contributed by atoms with Gasteiger partial charge in [0.25, 0.3) is 11.5 Å². The SMILES string of the molecule is Cc1ccc(NC(=O)C(CC/C=C/C(=O)N(C)C)OC(=O)N(C)C)c(=O)n1Cc1nc2ncc(F)c(CC(C)C)c2[nH]1. The van der Waals surface area contributed by atoms with Crippen LogP contribution in [0.4, 0.5) is 14.9 Å². The molecule has 13 heteroatoms. The molecule has 0 aromatic carbocycles. The van der Waals surface area contributed by atoms with E-state index in [-0.39, 0.29) is 36.9 Å². The molecule has 1 atom stereocenters. The summed E-state index contributed by atoms with van der Waals surface area (Å²) in [6, 6.07) is 3.14. The maximum absolute atomic E-state index is 14.5. The van der Waals surface area contributed by atoms with Crippen LogP contribution < -0.4 is 10.9 Å². The quantitative estimate of drug-likeness (QED) is 0.330. The molecule has 42 heavy (non-hydrogen) atoms. The highest BCUT2D eigenvalue weighted by atomic mass is 19.1. The van der Waals surface area contributed by atoms with Crippen molar-refractivity contribution in [3.05, 3.63) is 63.7 Å². The summed E-state index contributed by atoms with van der Waals surface area (Å²) in [5.74, 6) is -0.721. The molecule has 1 unspecified atom stereocenters. The van der Waals surface area contributed by atoms with E-state index in [1.165, 1.54) is 40.6 Å². The summed E-state index contributed by atoms with van der Waals surface area (Å²) in [6.07, 6.45) is 3.02. The number of hydrogen-bond acceptors (Lipinski definition) is 7. The van der Waals surface area contributed by atoms with E-state index < -0.39 is 29.5 Å². The van der Waals surface area contributed by atoms with Crippen molar-refractivity contribution in [1.29, 1.82) is 0 Å². The van der Waals surface area contributed by atoms with Crippen LogP contribution in [0, 0.1) is 18.7 Å². The largest absolute Gasteiger partial charge is 0.436 e. The number of imidazole rings is 1. The number of allylic oxidation sites excluding steroid dienone is 1. The number of ether oxygens (including phenoxy) is 1. The van der Waals surface area contributed by atoms with E-state index in [2.05, 4.69) is 20.3 Å². The van der Waals surface area contributed by atoms with Crippen molar-refractivity contribution in [3.8, 4) is 0 Å². The van der Waals surface area contributed by atoms with Gasteiger partial charge in [-0.25, -0.2) is 19.2 Å². The monoisotopic (exact) mass is 583 g/mol. The number of carbonyl (C=O) groups is 3. The van der Waals surface area contributed by atoms with Crippen LogP contribution in [0.3, 0.4) is 0 Å². The maximum atomic E-state index is 14.5. The third-order valence-electron chi connectivity index (χ3n) is 6.39. The Morgan fingerprint density at radius 1 is 1.17 bits per heavy atom. The van der Waals surface area contributed by atoms with Crippen molar-refractivity contribution >= 4 is 34.8 Å². The fourth-order valence-electron chi connectivity index (χ4n) is 4.09. The van der Waals surface area contributed by atoms with Gasteiger partial charge in [0.15, 0.2) is 11.8 Å². The van der Waals surface area contributed by atoms with Crippen LogP contribution in [0.2, 0.25) is 0 Å². The van der Waals surface area contributed by atoms with E-state index in [1.54, 1.807) is 33.2 Å². The number of aromatic amines is 1. The number of fused-ring (bicyclic) bond motifs is 1. The van der Waals surface area contributed by atoms with Crippen molar-refractivity contribution in [1.82, 2.24) is 29.3 Å². The Hall–Kier alpha value is -4.55. The number of nitrogens with zero attached hydrogens (tertiary/aromatic N) is 5. The van der Waals surface area contributed by atoms with Crippen molar-refractivity contribution < 1.29 is 23.5 Å². The van der Waals surface area contributed by atoms with Crippen LogP contribution in [0.25, 0.3) is 11.2 Å². The lowest BCUT2D eigenvalue weighted by atomic mass is 10.0. The zero-order valence-electron chi connectivity index (χ0n) is 25.0. The van der Waals surface area contributed by atoms with E-state index >= 15 is 0 Å². The number of H-pyrrole nitrogens is 1. The number of pyridine rings is 2. The standard InChI is InChI=1S/C29H38FN7O5/c1-17(2)14-19-20(30)15-31-26-25(19)33-23(34-26)16-37-18(3)12-13-21(28(37)40)32-27(39)22(42-29(41)36(6)7)10-8-9-11-24(38)35(4)5/h9,11-13,15,17,22H,8,10,14,16H2,1-7H3,(H,32,39)(H,31,33,34)/b11-9+. The number of anilines is 1. The summed E-state index contributed by atoms with van der Waals surface area (Å²) >= 11 is 0. The molecule has 3 aromatic heterocycles. The molecule has 0 aliphatic carbocycles. The fraction of sp³-hybridized carbons (Fsp3) is 0.448. The summed E-state index contributed by atoms with van der Waals surface area (Å²) < 4.78 is 21.3. The zero-order valence-corrected chi connectivity index (χ0v) is 25.0. The van der Waals surface area contributed by atoms with Crippen molar-refractivity contribution in [2.45, 2.75) is 52.7 Å². The Kier molecular flexibility index (Phi) is 10.6. The molecule has 0 aliphatic heterocycles. The first-order valence-corrected chi connectivity index (χ1v) is 13.6. The molecule has 0 aliphatic rings. The van der Waals surface area contributed by atoms with Gasteiger partial charge in [0.05, 0.1) is 18.3 Å². The lowest BCUT2D eigenvalue weighted by Crippen LogP contribution is -2.38. The molecule has 0 saturated carbocycles. The predicted molar refractivity (Wildman–Crippen MR) is 157 cm³/mol. The summed E-state index contributed by atoms with van der Waals surface area (Å²) in [6.45, 7) is 5.74. The van der Waals surface area contributed by atoms with Crippen LogP contribution in [-0.2, 0) is 27.3 Å². The summed E-state index contributed by atoms with van der Waals surface area (Å²) in [4.78, 5) is 64.9. The van der Waals surface area contributed by atoms with Crippen LogP contribution in [0.5, 0.6) is 0 Å². The van der Waals surface area contributed by atoms with Gasteiger partial charge < -0.3 is 29.4 Å². The number of amides is 3. The highest BCUT2D eigenvalue weighted by molar-refractivity contribution is 5.95. The fourth-order valence-corrected chi connectivity index (χ4v) is 4.09. The van der Waals surface area contributed by atoms with E-state index in [0.717, 1.165) is 6.20 Å². The van der Waals surface area contributed by atoms with Gasteiger partial charge in [-0.3, -0.25) is 14.4 Å². The topological polar surface area (TPSA) is 143 Å². The molecular weight excluding hydrogens is 545 g/mol. The van der Waals surface area contributed by atoms with E-state index in [0.29, 0.717) is 34.7 Å². The van der Waals surface area contributed by atoms with Gasteiger partial charge in [-0.15, -0.1) is 0 Å². The maximum Gasteiger partial charge on any atom is 0.410 e. The molecule has 0 radical (unpaired) electrons. The molecule has 3 aromatic rings. The summed E-state index contributed by atoms with van der Waals surface area (Å²) in [5, 5.41) is 2.58. The zero-order chi connectivity index (χ0) is 31.1. The molecular formula is C29H38FN7O5. The second kappa shape index (κ2) is 13.9. The molecule has 3 heterocycles. The predicted octanol–water partition coefficient (Wildman–Crippen LogP) is 3.24. The average Bonchev–Trinajstić information content (AvgIpc) is 3.34. The number of likely N-dealkylation sites (N-methyl/N-ethyl adjacent to an activating group) is 1. The van der Waals surface area contributed by atoms with E-state index in [4.69, 9.17) is 4.74 Å². The average molecular weight is 584 g/mol. The number of nitrogens with one attached hydrogen (secondary N) is 2. The first kappa shape index (κ1) is 32.0. The van der Waals surface area contributed by atoms with Gasteiger partial charge in [-0.05, 0) is 50.3 Å². The molecule has 3 amide bonds. The first-order chi connectivity index (χ1) is 19.8. The molecule has 0 bridgehead atoms. The van der Waals surface area contributed by atoms with Crippen molar-refractivity contribution in [2.24, 2.45) is 5.92 Å². The second-order valence-corrected chi connectivity index (χ2v) is 10.8. The van der Waals surface area contributed by atoms with Gasteiger partial charge in [0.1, 0.15) is 17.3 Å². The van der Waals surface area contributed by atoms with Gasteiger partial charge in [0.2, 0.25) is 5.91 Å². The summed E-state index contributed by atoms with van der Waals surface area (Å²) in [5.41, 5.74) is 1.41. The number of hydrogen-bond donors (Lipinski definition) is 2. The van der Waals surface area contributed by atoms with E-state index in [9.17, 15) is 23.6 Å². The van der Waals surface area contributed by atoms with Crippen LogP contribution in [-0.4, -0.2) is 81.5 Å². The number of aromatic nitrogens is 4. The highest BCUT2D eigenvalue weighted by Crippen LogP contribution is 2.21. The lowest BCUT2D eigenvalue weighted by Gasteiger charge is -2.20. The number of aryl methyl sites for hydroxylation is 1. The van der Waals surface area contributed by atoms with E-state index in [1.807, 2.05) is 13.8 Å². The Morgan fingerprint density at radius 2 is 1.88 bits per heavy atom. The minimum Gasteiger partial charge on any atom is -0.436 e. The molecule has 0 spiro atoms. The Bertz CT molecular complexity index is 1540. The molecule has 2 N–H and O–H groups in total. The molecule has 3 rings (SSSR count). The smallest absolute Gasteiger partial charge is 0.410 e.